The number of nitrogens with zero attached hydrogens (tertiary/aromatic N) is 2. The zero-order valence-corrected chi connectivity index (χ0v) is 24.7. The molecule has 7 heteroatoms. The lowest BCUT2D eigenvalue weighted by Crippen LogP contribution is -2.46. The highest BCUT2D eigenvalue weighted by Crippen LogP contribution is 2.26. The fourth-order valence-corrected chi connectivity index (χ4v) is 5.64. The van der Waals surface area contributed by atoms with Crippen molar-refractivity contribution in [1.82, 2.24) is 9.80 Å². The minimum absolute atomic E-state index is 0.383. The summed E-state index contributed by atoms with van der Waals surface area (Å²) < 4.78 is 5.65. The number of piperazine rings is 1. The number of aryl methyl sites for hydroxylation is 1. The fraction of sp³-hybridized carbons (Fsp3) is 0.364. The van der Waals surface area contributed by atoms with Crippen LogP contribution in [0.4, 0.5) is 11.4 Å². The molecule has 0 spiro atoms. The van der Waals surface area contributed by atoms with Gasteiger partial charge in [0.15, 0.2) is 0 Å². The van der Waals surface area contributed by atoms with E-state index in [4.69, 9.17) is 15.9 Å². The van der Waals surface area contributed by atoms with E-state index in [1.807, 2.05) is 31.2 Å². The van der Waals surface area contributed by atoms with Gasteiger partial charge in [0.05, 0.1) is 12.3 Å². The summed E-state index contributed by atoms with van der Waals surface area (Å²) in [5.41, 5.74) is 13.3. The second-order valence-corrected chi connectivity index (χ2v) is 11.5. The second kappa shape index (κ2) is 15.0. The summed E-state index contributed by atoms with van der Waals surface area (Å²) in [5, 5.41) is 14.2. The number of nitrogens with one attached hydrogen (secondary N) is 2. The lowest BCUT2D eigenvalue weighted by Gasteiger charge is -2.34. The number of hydrogen-bond acceptors (Lipinski definition) is 7. The van der Waals surface area contributed by atoms with Crippen molar-refractivity contribution in [2.24, 2.45) is 0 Å². The summed E-state index contributed by atoms with van der Waals surface area (Å²) in [4.78, 5) is 6.27. The molecule has 0 amide bonds. The standard InChI is InChI=1S/C33H43N5OS/c1-4-17-39-18-16-37-12-14-38(15-13-37)24-28-8-5-7-27(22-28)10-11-31(34)30-23-33(25(2)20-32(30)35)36-26(3)21-29-9-6-19-40-29/h5-11,19-20,22-23,34,36H,3-4,12-18,21,24,35H2,1-2H3/b11-10+,34-31?. The maximum atomic E-state index is 8.74. The summed E-state index contributed by atoms with van der Waals surface area (Å²) in [6, 6.07) is 16.6. The molecule has 0 radical (unpaired) electrons. The lowest BCUT2D eigenvalue weighted by atomic mass is 10.0. The smallest absolute Gasteiger partial charge is 0.0633 e. The number of ether oxygens (including phenoxy) is 1. The van der Waals surface area contributed by atoms with Crippen LogP contribution in [0.1, 0.15) is 40.5 Å². The van der Waals surface area contributed by atoms with E-state index in [9.17, 15) is 0 Å². The van der Waals surface area contributed by atoms with E-state index in [2.05, 4.69) is 70.4 Å². The minimum atomic E-state index is 0.383. The summed E-state index contributed by atoms with van der Waals surface area (Å²) in [6.45, 7) is 16.3. The van der Waals surface area contributed by atoms with Crippen LogP contribution in [0.25, 0.3) is 6.08 Å². The van der Waals surface area contributed by atoms with Gasteiger partial charge in [-0.25, -0.2) is 0 Å². The fourth-order valence-electron chi connectivity index (χ4n) is 4.89. The molecule has 6 nitrogen and oxygen atoms in total. The van der Waals surface area contributed by atoms with Gasteiger partial charge < -0.3 is 21.2 Å². The highest BCUT2D eigenvalue weighted by Gasteiger charge is 2.17. The average Bonchev–Trinajstić information content (AvgIpc) is 3.45. The van der Waals surface area contributed by atoms with Gasteiger partial charge in [0.1, 0.15) is 0 Å². The Morgan fingerprint density at radius 1 is 1.10 bits per heavy atom. The summed E-state index contributed by atoms with van der Waals surface area (Å²) >= 11 is 1.72. The highest BCUT2D eigenvalue weighted by molar-refractivity contribution is 7.09. The summed E-state index contributed by atoms with van der Waals surface area (Å²) in [6.07, 6.45) is 5.69. The van der Waals surface area contributed by atoms with E-state index in [-0.39, 0.29) is 0 Å². The van der Waals surface area contributed by atoms with Crippen molar-refractivity contribution in [3.63, 3.8) is 0 Å². The highest BCUT2D eigenvalue weighted by atomic mass is 32.1. The normalized spacial score (nSPS) is 14.6. The quantitative estimate of drug-likeness (QED) is 0.121. The monoisotopic (exact) mass is 557 g/mol. The number of rotatable bonds is 14. The molecule has 3 aromatic rings. The molecule has 4 N–H and O–H groups in total. The molecule has 1 aliphatic rings. The zero-order valence-electron chi connectivity index (χ0n) is 23.9. The lowest BCUT2D eigenvalue weighted by molar-refractivity contribution is 0.0738. The largest absolute Gasteiger partial charge is 0.398 e. The van der Waals surface area contributed by atoms with Gasteiger partial charge in [-0.2, -0.15) is 0 Å². The van der Waals surface area contributed by atoms with Gasteiger partial charge >= 0.3 is 0 Å². The third-order valence-electron chi connectivity index (χ3n) is 7.13. The molecule has 0 aliphatic carbocycles. The summed E-state index contributed by atoms with van der Waals surface area (Å²) in [7, 11) is 0. The van der Waals surface area contributed by atoms with Gasteiger partial charge in [-0.1, -0.05) is 49.9 Å². The molecule has 2 aromatic carbocycles. The maximum Gasteiger partial charge on any atom is 0.0633 e. The molecular formula is C33H43N5OS. The number of nitrogen functional groups attached to an aromatic ring is 1. The van der Waals surface area contributed by atoms with Gasteiger partial charge in [0.2, 0.25) is 0 Å². The van der Waals surface area contributed by atoms with Crippen LogP contribution >= 0.6 is 11.3 Å². The van der Waals surface area contributed by atoms with E-state index in [1.165, 1.54) is 10.4 Å². The number of allylic oxidation sites excluding steroid dienone is 2. The van der Waals surface area contributed by atoms with E-state index in [0.717, 1.165) is 87.8 Å². The number of hydrogen-bond donors (Lipinski definition) is 3. The molecule has 40 heavy (non-hydrogen) atoms. The Morgan fingerprint density at radius 2 is 1.90 bits per heavy atom. The van der Waals surface area contributed by atoms with E-state index < -0.39 is 0 Å². The molecule has 2 heterocycles. The molecule has 1 saturated heterocycles. The van der Waals surface area contributed by atoms with Crippen molar-refractivity contribution in [1.29, 1.82) is 5.41 Å². The maximum absolute atomic E-state index is 8.74. The van der Waals surface area contributed by atoms with Gasteiger partial charge in [0, 0.05) is 79.8 Å². The molecule has 4 rings (SSSR count). The zero-order chi connectivity index (χ0) is 28.3. The third-order valence-corrected chi connectivity index (χ3v) is 8.01. The number of nitrogens with two attached hydrogens (primary N) is 1. The van der Waals surface area contributed by atoms with Crippen LogP contribution in [0.2, 0.25) is 0 Å². The first-order valence-electron chi connectivity index (χ1n) is 14.2. The Balaban J connectivity index is 1.32. The van der Waals surface area contributed by atoms with E-state index >= 15 is 0 Å². The average molecular weight is 558 g/mol. The van der Waals surface area contributed by atoms with Crippen LogP contribution in [0.15, 0.2) is 72.3 Å². The SMILES string of the molecule is C=C(Cc1cccs1)Nc1cc(C(=N)/C=C/c2cccc(CN3CCN(CCOCCC)CC3)c2)c(N)cc1C. The van der Waals surface area contributed by atoms with Crippen LogP contribution in [0.5, 0.6) is 0 Å². The molecule has 1 aliphatic heterocycles. The van der Waals surface area contributed by atoms with Gasteiger partial charge in [0.25, 0.3) is 0 Å². The van der Waals surface area contributed by atoms with Gasteiger partial charge in [-0.05, 0) is 59.7 Å². The minimum Gasteiger partial charge on any atom is -0.398 e. The number of benzene rings is 2. The molecule has 212 valence electrons. The van der Waals surface area contributed by atoms with Crippen LogP contribution in [0.3, 0.4) is 0 Å². The van der Waals surface area contributed by atoms with Crippen molar-refractivity contribution in [2.45, 2.75) is 33.2 Å². The van der Waals surface area contributed by atoms with Crippen LogP contribution < -0.4 is 11.1 Å². The van der Waals surface area contributed by atoms with Crippen molar-refractivity contribution in [3.8, 4) is 0 Å². The number of anilines is 2. The molecular weight excluding hydrogens is 514 g/mol. The first-order valence-corrected chi connectivity index (χ1v) is 15.0. The summed E-state index contributed by atoms with van der Waals surface area (Å²) in [5.74, 6) is 0. The Kier molecular flexibility index (Phi) is 11.1. The second-order valence-electron chi connectivity index (χ2n) is 10.5. The van der Waals surface area contributed by atoms with Gasteiger partial charge in [-0.3, -0.25) is 9.80 Å². The Labute approximate surface area is 243 Å². The molecule has 0 atom stereocenters. The molecule has 0 saturated carbocycles. The third kappa shape index (κ3) is 8.89. The van der Waals surface area contributed by atoms with Gasteiger partial charge in [-0.15, -0.1) is 11.3 Å². The van der Waals surface area contributed by atoms with Crippen LogP contribution in [-0.2, 0) is 17.7 Å². The first-order chi connectivity index (χ1) is 19.4. The Bertz CT molecular complexity index is 1290. The number of thiophene rings is 1. The van der Waals surface area contributed by atoms with Crippen molar-refractivity contribution >= 4 is 34.5 Å². The predicted octanol–water partition coefficient (Wildman–Crippen LogP) is 6.43. The van der Waals surface area contributed by atoms with E-state index in [0.29, 0.717) is 17.0 Å². The van der Waals surface area contributed by atoms with Crippen molar-refractivity contribution in [3.05, 3.63) is 99.4 Å². The van der Waals surface area contributed by atoms with Crippen LogP contribution in [0, 0.1) is 12.3 Å². The van der Waals surface area contributed by atoms with E-state index in [1.54, 1.807) is 11.3 Å². The topological polar surface area (TPSA) is 77.6 Å². The Hall–Kier alpha value is -3.23. The first kappa shape index (κ1) is 29.7. The predicted molar refractivity (Wildman–Crippen MR) is 172 cm³/mol. The Morgan fingerprint density at radius 3 is 2.65 bits per heavy atom. The van der Waals surface area contributed by atoms with Crippen molar-refractivity contribution < 1.29 is 4.74 Å². The van der Waals surface area contributed by atoms with Crippen molar-refractivity contribution in [2.75, 3.05) is 57.0 Å². The van der Waals surface area contributed by atoms with Crippen LogP contribution in [-0.4, -0.2) is 61.4 Å². The molecule has 0 bridgehead atoms. The molecule has 1 aromatic heterocycles. The molecule has 1 fully saturated rings. The molecule has 0 unspecified atom stereocenters.